The molecule has 0 amide bonds. The van der Waals surface area contributed by atoms with Gasteiger partial charge in [-0.05, 0) is 24.6 Å². The van der Waals surface area contributed by atoms with Crippen LogP contribution in [-0.2, 0) is 5.88 Å². The van der Waals surface area contributed by atoms with Crippen molar-refractivity contribution in [1.29, 1.82) is 0 Å². The number of hydrogen-bond acceptors (Lipinski definition) is 2. The molecule has 0 spiro atoms. The third-order valence-corrected chi connectivity index (χ3v) is 4.58. The quantitative estimate of drug-likeness (QED) is 0.750. The molecule has 0 aromatic heterocycles. The smallest absolute Gasteiger partial charge is 0.0494 e. The number of nitrogens with zero attached hydrogens (tertiary/aromatic N) is 1. The molecule has 1 fully saturated rings. The Bertz CT molecular complexity index is 370. The number of hydrogen-bond donors (Lipinski definition) is 0. The second kappa shape index (κ2) is 5.52. The highest BCUT2D eigenvalue weighted by molar-refractivity contribution is 7.99. The predicted molar refractivity (Wildman–Crippen MR) is 75.1 cm³/mol. The van der Waals surface area contributed by atoms with Crippen LogP contribution in [0.2, 0.25) is 5.02 Å². The number of thioether (sulfide) groups is 1. The standard InChI is InChI=1S/C12H15Cl2NS/c1-9-8-16-5-4-15(9)12-6-11(14)3-2-10(12)7-13/h2-3,6,9H,4-5,7-8H2,1H3. The third-order valence-electron chi connectivity index (χ3n) is 2.87. The molecule has 1 heterocycles. The minimum Gasteiger partial charge on any atom is -0.367 e. The molecule has 0 bridgehead atoms. The normalized spacial score (nSPS) is 21.2. The van der Waals surface area contributed by atoms with Crippen molar-refractivity contribution in [2.75, 3.05) is 23.0 Å². The molecule has 1 nitrogen and oxygen atoms in total. The van der Waals surface area contributed by atoms with Gasteiger partial charge in [-0.2, -0.15) is 11.8 Å². The molecule has 88 valence electrons. The van der Waals surface area contributed by atoms with Crippen LogP contribution in [-0.4, -0.2) is 24.1 Å². The molecule has 4 heteroatoms. The Balaban J connectivity index is 2.33. The topological polar surface area (TPSA) is 3.24 Å². The minimum absolute atomic E-state index is 0.545. The summed E-state index contributed by atoms with van der Waals surface area (Å²) in [7, 11) is 0. The van der Waals surface area contributed by atoms with Gasteiger partial charge in [0.1, 0.15) is 0 Å². The van der Waals surface area contributed by atoms with E-state index in [2.05, 4.69) is 11.8 Å². The van der Waals surface area contributed by atoms with Gasteiger partial charge in [-0.3, -0.25) is 0 Å². The Hall–Kier alpha value is -0.0500. The fraction of sp³-hybridized carbons (Fsp3) is 0.500. The molecule has 1 aliphatic rings. The van der Waals surface area contributed by atoms with E-state index < -0.39 is 0 Å². The first-order chi connectivity index (χ1) is 7.72. The average Bonchev–Trinajstić information content (AvgIpc) is 2.29. The number of benzene rings is 1. The van der Waals surface area contributed by atoms with Gasteiger partial charge >= 0.3 is 0 Å². The first-order valence-electron chi connectivity index (χ1n) is 5.41. The molecule has 0 aliphatic carbocycles. The first kappa shape index (κ1) is 12.4. The van der Waals surface area contributed by atoms with Crippen LogP contribution in [0, 0.1) is 0 Å². The highest BCUT2D eigenvalue weighted by atomic mass is 35.5. The Morgan fingerprint density at radius 1 is 1.50 bits per heavy atom. The van der Waals surface area contributed by atoms with Crippen molar-refractivity contribution in [3.63, 3.8) is 0 Å². The molecule has 1 aromatic carbocycles. The Morgan fingerprint density at radius 2 is 2.31 bits per heavy atom. The summed E-state index contributed by atoms with van der Waals surface area (Å²) >= 11 is 14.1. The SMILES string of the molecule is CC1CSCCN1c1cc(Cl)ccc1CCl. The molecule has 1 aromatic rings. The van der Waals surface area contributed by atoms with E-state index in [0.29, 0.717) is 11.9 Å². The molecule has 0 radical (unpaired) electrons. The van der Waals surface area contributed by atoms with E-state index in [1.165, 1.54) is 22.8 Å². The van der Waals surface area contributed by atoms with E-state index >= 15 is 0 Å². The van der Waals surface area contributed by atoms with Gasteiger partial charge in [0.25, 0.3) is 0 Å². The number of alkyl halides is 1. The highest BCUT2D eigenvalue weighted by Crippen LogP contribution is 2.30. The van der Waals surface area contributed by atoms with Crippen molar-refractivity contribution in [3.05, 3.63) is 28.8 Å². The molecule has 0 N–H and O–H groups in total. The highest BCUT2D eigenvalue weighted by Gasteiger charge is 2.21. The summed E-state index contributed by atoms with van der Waals surface area (Å²) in [5.41, 5.74) is 2.38. The molecule has 1 atom stereocenters. The zero-order valence-corrected chi connectivity index (χ0v) is 11.6. The van der Waals surface area contributed by atoms with E-state index in [-0.39, 0.29) is 0 Å². The molecule has 2 rings (SSSR count). The summed E-state index contributed by atoms with van der Waals surface area (Å²) < 4.78 is 0. The lowest BCUT2D eigenvalue weighted by atomic mass is 10.1. The van der Waals surface area contributed by atoms with Crippen molar-refractivity contribution < 1.29 is 0 Å². The lowest BCUT2D eigenvalue weighted by Crippen LogP contribution is -2.40. The van der Waals surface area contributed by atoms with Crippen molar-refractivity contribution >= 4 is 40.7 Å². The number of anilines is 1. The van der Waals surface area contributed by atoms with E-state index in [4.69, 9.17) is 23.2 Å². The van der Waals surface area contributed by atoms with Crippen molar-refractivity contribution in [2.45, 2.75) is 18.8 Å². The van der Waals surface area contributed by atoms with Gasteiger partial charge < -0.3 is 4.90 Å². The molecule has 1 aliphatic heterocycles. The Labute approximate surface area is 111 Å². The maximum Gasteiger partial charge on any atom is 0.0494 e. The van der Waals surface area contributed by atoms with Gasteiger partial charge in [-0.15, -0.1) is 11.6 Å². The van der Waals surface area contributed by atoms with E-state index in [1.54, 1.807) is 0 Å². The van der Waals surface area contributed by atoms with Gasteiger partial charge in [0.15, 0.2) is 0 Å². The van der Waals surface area contributed by atoms with Crippen molar-refractivity contribution in [1.82, 2.24) is 0 Å². The minimum atomic E-state index is 0.545. The molecular weight excluding hydrogens is 261 g/mol. The largest absolute Gasteiger partial charge is 0.367 e. The lowest BCUT2D eigenvalue weighted by molar-refractivity contribution is 0.697. The van der Waals surface area contributed by atoms with Crippen LogP contribution >= 0.6 is 35.0 Å². The average molecular weight is 276 g/mol. The van der Waals surface area contributed by atoms with Crippen LogP contribution in [0.25, 0.3) is 0 Å². The van der Waals surface area contributed by atoms with Crippen LogP contribution in [0.1, 0.15) is 12.5 Å². The predicted octanol–water partition coefficient (Wildman–Crippen LogP) is 4.02. The summed E-state index contributed by atoms with van der Waals surface area (Å²) in [5.74, 6) is 2.90. The second-order valence-corrected chi connectivity index (χ2v) is 5.88. The summed E-state index contributed by atoms with van der Waals surface area (Å²) in [6.45, 7) is 3.33. The van der Waals surface area contributed by atoms with Gasteiger partial charge in [-0.25, -0.2) is 0 Å². The maximum absolute atomic E-state index is 6.07. The molecule has 1 unspecified atom stereocenters. The fourth-order valence-electron chi connectivity index (χ4n) is 2.00. The summed E-state index contributed by atoms with van der Waals surface area (Å²) in [5, 5.41) is 0.786. The van der Waals surface area contributed by atoms with Crippen LogP contribution in [0.3, 0.4) is 0 Å². The third kappa shape index (κ3) is 2.61. The van der Waals surface area contributed by atoms with Crippen molar-refractivity contribution in [2.24, 2.45) is 0 Å². The van der Waals surface area contributed by atoms with E-state index in [0.717, 1.165) is 11.6 Å². The summed E-state index contributed by atoms with van der Waals surface area (Å²) in [6, 6.07) is 6.52. The fourth-order valence-corrected chi connectivity index (χ4v) is 3.41. The zero-order chi connectivity index (χ0) is 11.5. The van der Waals surface area contributed by atoms with Crippen LogP contribution < -0.4 is 4.90 Å². The summed E-state index contributed by atoms with van der Waals surface area (Å²) in [6.07, 6.45) is 0. The van der Waals surface area contributed by atoms with Crippen LogP contribution in [0.4, 0.5) is 5.69 Å². The van der Waals surface area contributed by atoms with E-state index in [1.807, 2.05) is 30.0 Å². The Morgan fingerprint density at radius 3 is 3.00 bits per heavy atom. The molecule has 1 saturated heterocycles. The van der Waals surface area contributed by atoms with Gasteiger partial charge in [0.05, 0.1) is 0 Å². The molecule has 16 heavy (non-hydrogen) atoms. The number of halogens is 2. The maximum atomic E-state index is 6.07. The number of rotatable bonds is 2. The van der Waals surface area contributed by atoms with Crippen LogP contribution in [0.5, 0.6) is 0 Å². The van der Waals surface area contributed by atoms with Gasteiger partial charge in [0, 0.05) is 40.7 Å². The molecule has 0 saturated carbocycles. The monoisotopic (exact) mass is 275 g/mol. The summed E-state index contributed by atoms with van der Waals surface area (Å²) in [4.78, 5) is 2.42. The van der Waals surface area contributed by atoms with Crippen LogP contribution in [0.15, 0.2) is 18.2 Å². The van der Waals surface area contributed by atoms with Gasteiger partial charge in [0.2, 0.25) is 0 Å². The Kier molecular flexibility index (Phi) is 4.28. The lowest BCUT2D eigenvalue weighted by Gasteiger charge is -2.36. The second-order valence-electron chi connectivity index (χ2n) is 4.02. The van der Waals surface area contributed by atoms with Gasteiger partial charge in [-0.1, -0.05) is 17.7 Å². The van der Waals surface area contributed by atoms with E-state index in [9.17, 15) is 0 Å². The first-order valence-corrected chi connectivity index (χ1v) is 7.48. The zero-order valence-electron chi connectivity index (χ0n) is 9.25. The molecular formula is C12H15Cl2NS. The van der Waals surface area contributed by atoms with Crippen molar-refractivity contribution in [3.8, 4) is 0 Å².